The maximum atomic E-state index is 3.98. The van der Waals surface area contributed by atoms with Crippen LogP contribution in [0.15, 0.2) is 34.3 Å². The lowest BCUT2D eigenvalue weighted by atomic mass is 10.1. The largest absolute Gasteiger partial charge is 0.252 e. The van der Waals surface area contributed by atoms with Crippen LogP contribution in [0.5, 0.6) is 0 Å². The van der Waals surface area contributed by atoms with Crippen LogP contribution in [0.4, 0.5) is 0 Å². The van der Waals surface area contributed by atoms with Crippen LogP contribution < -0.4 is 0 Å². The number of hydrogen-bond donors (Lipinski definition) is 0. The Labute approximate surface area is 71.7 Å². The molecule has 1 aromatic rings. The van der Waals surface area contributed by atoms with Gasteiger partial charge in [-0.25, -0.2) is 4.99 Å². The summed E-state index contributed by atoms with van der Waals surface area (Å²) >= 11 is 0. The zero-order chi connectivity index (χ0) is 8.39. The van der Waals surface area contributed by atoms with Crippen LogP contribution in [0.2, 0.25) is 0 Å². The van der Waals surface area contributed by atoms with Gasteiger partial charge in [-0.05, 0) is 6.92 Å². The van der Waals surface area contributed by atoms with Crippen molar-refractivity contribution in [3.63, 3.8) is 0 Å². The first-order chi connectivity index (χ1) is 5.86. The van der Waals surface area contributed by atoms with Gasteiger partial charge in [0.05, 0.1) is 11.9 Å². The summed E-state index contributed by atoms with van der Waals surface area (Å²) in [6.07, 6.45) is 1.71. The van der Waals surface area contributed by atoms with E-state index in [9.17, 15) is 0 Å². The van der Waals surface area contributed by atoms with E-state index >= 15 is 0 Å². The summed E-state index contributed by atoms with van der Waals surface area (Å²) in [7, 11) is 0. The molecule has 0 aliphatic carbocycles. The summed E-state index contributed by atoms with van der Waals surface area (Å²) in [6.45, 7) is 4.60. The van der Waals surface area contributed by atoms with E-state index in [0.29, 0.717) is 0 Å². The van der Waals surface area contributed by atoms with E-state index < -0.39 is 0 Å². The number of benzene rings is 1. The highest BCUT2D eigenvalue weighted by atomic mass is 15.0. The van der Waals surface area contributed by atoms with Gasteiger partial charge >= 0.3 is 0 Å². The maximum absolute atomic E-state index is 3.98. The Morgan fingerprint density at radius 3 is 2.50 bits per heavy atom. The van der Waals surface area contributed by atoms with Gasteiger partial charge in [-0.15, -0.1) is 0 Å². The van der Waals surface area contributed by atoms with Crippen molar-refractivity contribution in [3.8, 4) is 0 Å². The first-order valence-electron chi connectivity index (χ1n) is 3.79. The first kappa shape index (κ1) is 7.22. The van der Waals surface area contributed by atoms with E-state index in [2.05, 4.69) is 35.7 Å². The predicted molar refractivity (Wildman–Crippen MR) is 49.5 cm³/mol. The summed E-state index contributed by atoms with van der Waals surface area (Å²) in [5.74, 6) is 0. The Bertz CT molecular complexity index is 333. The first-order valence-corrected chi connectivity index (χ1v) is 3.79. The normalized spacial score (nSPS) is 14.9. The SMILES string of the molecule is Cc1ccc(C2=N[C]N=C2)cc1. The topological polar surface area (TPSA) is 24.7 Å². The lowest BCUT2D eigenvalue weighted by Gasteiger charge is -1.96. The summed E-state index contributed by atoms with van der Waals surface area (Å²) in [4.78, 5) is 7.76. The van der Waals surface area contributed by atoms with Crippen molar-refractivity contribution in [2.75, 3.05) is 0 Å². The van der Waals surface area contributed by atoms with Crippen molar-refractivity contribution in [2.24, 2.45) is 9.98 Å². The minimum atomic E-state index is 0.884. The number of rotatable bonds is 1. The van der Waals surface area contributed by atoms with Gasteiger partial charge < -0.3 is 0 Å². The molecule has 12 heavy (non-hydrogen) atoms. The molecule has 1 aliphatic heterocycles. The second kappa shape index (κ2) is 2.89. The van der Waals surface area contributed by atoms with Crippen molar-refractivity contribution in [3.05, 3.63) is 42.1 Å². The number of hydrogen-bond acceptors (Lipinski definition) is 2. The van der Waals surface area contributed by atoms with Crippen molar-refractivity contribution < 1.29 is 0 Å². The average Bonchev–Trinajstić information content (AvgIpc) is 2.58. The molecule has 2 rings (SSSR count). The van der Waals surface area contributed by atoms with E-state index in [1.807, 2.05) is 12.1 Å². The lowest BCUT2D eigenvalue weighted by molar-refractivity contribution is 1.29. The molecule has 0 amide bonds. The molecule has 2 nitrogen and oxygen atoms in total. The average molecular weight is 156 g/mol. The minimum absolute atomic E-state index is 0.884. The van der Waals surface area contributed by atoms with Gasteiger partial charge in [0.15, 0.2) is 0 Å². The molecule has 0 spiro atoms. The van der Waals surface area contributed by atoms with Gasteiger partial charge in [-0.1, -0.05) is 29.8 Å². The molecular weight excluding hydrogens is 148 g/mol. The fourth-order valence-corrected chi connectivity index (χ4v) is 1.07. The van der Waals surface area contributed by atoms with Crippen molar-refractivity contribution in [2.45, 2.75) is 6.92 Å². The van der Waals surface area contributed by atoms with Crippen molar-refractivity contribution in [1.82, 2.24) is 0 Å². The summed E-state index contributed by atoms with van der Waals surface area (Å²) < 4.78 is 0. The molecule has 0 fully saturated rings. The zero-order valence-corrected chi connectivity index (χ0v) is 6.78. The highest BCUT2D eigenvalue weighted by Crippen LogP contribution is 2.07. The van der Waals surface area contributed by atoms with Crippen LogP contribution in [0, 0.1) is 13.6 Å². The van der Waals surface area contributed by atoms with Crippen molar-refractivity contribution in [1.29, 1.82) is 0 Å². The number of aliphatic imine (C=N–C) groups is 2. The zero-order valence-electron chi connectivity index (χ0n) is 6.78. The molecule has 0 aromatic heterocycles. The molecule has 58 valence electrons. The van der Waals surface area contributed by atoms with Crippen LogP contribution in [-0.2, 0) is 0 Å². The Kier molecular flexibility index (Phi) is 1.74. The molecule has 0 unspecified atom stereocenters. The van der Waals surface area contributed by atoms with E-state index in [4.69, 9.17) is 0 Å². The smallest absolute Gasteiger partial charge is 0.250 e. The third-order valence-corrected chi connectivity index (χ3v) is 1.76. The Morgan fingerprint density at radius 2 is 1.92 bits per heavy atom. The Balaban J connectivity index is 2.35. The molecule has 0 N–H and O–H groups in total. The Morgan fingerprint density at radius 1 is 1.17 bits per heavy atom. The molecule has 0 saturated heterocycles. The molecule has 1 heterocycles. The lowest BCUT2D eigenvalue weighted by Crippen LogP contribution is -1.97. The highest BCUT2D eigenvalue weighted by Gasteiger charge is 2.03. The van der Waals surface area contributed by atoms with Crippen molar-refractivity contribution >= 4 is 11.9 Å². The molecule has 0 bridgehead atoms. The van der Waals surface area contributed by atoms with Gasteiger partial charge in [0.2, 0.25) is 6.67 Å². The third-order valence-electron chi connectivity index (χ3n) is 1.76. The van der Waals surface area contributed by atoms with Gasteiger partial charge in [0.1, 0.15) is 0 Å². The van der Waals surface area contributed by atoms with Crippen LogP contribution in [-0.4, -0.2) is 11.9 Å². The fraction of sp³-hybridized carbons (Fsp3) is 0.100. The van der Waals surface area contributed by atoms with Gasteiger partial charge in [0.25, 0.3) is 0 Å². The number of nitrogens with zero attached hydrogens (tertiary/aromatic N) is 2. The molecular formula is C10H8N2. The van der Waals surface area contributed by atoms with Crippen LogP contribution in [0.3, 0.4) is 0 Å². The van der Waals surface area contributed by atoms with Gasteiger partial charge in [0, 0.05) is 5.56 Å². The summed E-state index contributed by atoms with van der Waals surface area (Å²) in [5, 5.41) is 0. The van der Waals surface area contributed by atoms with Crippen LogP contribution in [0.25, 0.3) is 0 Å². The molecule has 0 atom stereocenters. The second-order valence-corrected chi connectivity index (χ2v) is 2.72. The monoisotopic (exact) mass is 156 g/mol. The molecule has 1 aliphatic rings. The predicted octanol–water partition coefficient (Wildman–Crippen LogP) is 1.86. The second-order valence-electron chi connectivity index (χ2n) is 2.72. The molecule has 1 aromatic carbocycles. The fourth-order valence-electron chi connectivity index (χ4n) is 1.07. The maximum Gasteiger partial charge on any atom is 0.250 e. The minimum Gasteiger partial charge on any atom is -0.252 e. The summed E-state index contributed by atoms with van der Waals surface area (Å²) in [5.41, 5.74) is 3.23. The van der Waals surface area contributed by atoms with Crippen LogP contribution in [0.1, 0.15) is 11.1 Å². The third kappa shape index (κ3) is 1.28. The summed E-state index contributed by atoms with van der Waals surface area (Å²) in [6, 6.07) is 8.19. The molecule has 2 heteroatoms. The Hall–Kier alpha value is -1.44. The quantitative estimate of drug-likeness (QED) is 0.593. The van der Waals surface area contributed by atoms with E-state index in [-0.39, 0.29) is 0 Å². The van der Waals surface area contributed by atoms with E-state index in [0.717, 1.165) is 11.3 Å². The van der Waals surface area contributed by atoms with E-state index in [1.54, 1.807) is 6.21 Å². The van der Waals surface area contributed by atoms with Gasteiger partial charge in [-0.3, -0.25) is 4.99 Å². The van der Waals surface area contributed by atoms with Gasteiger partial charge in [-0.2, -0.15) is 0 Å². The highest BCUT2D eigenvalue weighted by molar-refractivity contribution is 6.39. The molecule has 0 saturated carbocycles. The standard InChI is InChI=1S/C10H8N2/c1-8-2-4-9(5-3-8)10-6-11-7-12-10/h2-6H,1H3. The van der Waals surface area contributed by atoms with E-state index in [1.165, 1.54) is 5.56 Å². The molecule has 2 radical (unpaired) electrons. The van der Waals surface area contributed by atoms with Crippen LogP contribution >= 0.6 is 0 Å². The number of aryl methyl sites for hydroxylation is 1.